The van der Waals surface area contributed by atoms with Crippen LogP contribution in [0.5, 0.6) is 0 Å². The number of aliphatic carboxylic acids is 1. The number of methoxy groups -OCH3 is 1. The van der Waals surface area contributed by atoms with Gasteiger partial charge < -0.3 is 19.1 Å². The Balaban J connectivity index is 1.38. The largest absolute Gasteiger partial charge is 0.481 e. The lowest BCUT2D eigenvalue weighted by Gasteiger charge is -2.31. The number of fused-ring (bicyclic) bond motifs is 7. The van der Waals surface area contributed by atoms with Crippen molar-refractivity contribution in [3.63, 3.8) is 0 Å². The maximum atomic E-state index is 13.4. The molecule has 2 aromatic rings. The minimum absolute atomic E-state index is 0.120. The average molecular weight is 610 g/mol. The van der Waals surface area contributed by atoms with Gasteiger partial charge in [-0.25, -0.2) is 4.72 Å². The summed E-state index contributed by atoms with van der Waals surface area (Å²) in [6.07, 6.45) is 11.2. The summed E-state index contributed by atoms with van der Waals surface area (Å²) in [5.41, 5.74) is 3.95. The number of nitrogens with one attached hydrogen (secondary N) is 1. The first-order valence-electron chi connectivity index (χ1n) is 15.4. The first-order chi connectivity index (χ1) is 20.6. The summed E-state index contributed by atoms with van der Waals surface area (Å²) < 4.78 is 42.6. The van der Waals surface area contributed by atoms with Gasteiger partial charge in [-0.05, 0) is 73.4 Å². The Morgan fingerprint density at radius 2 is 1.88 bits per heavy atom. The zero-order chi connectivity index (χ0) is 30.1. The number of morpholine rings is 1. The van der Waals surface area contributed by atoms with Gasteiger partial charge in [-0.3, -0.25) is 9.59 Å². The van der Waals surface area contributed by atoms with E-state index in [1.54, 1.807) is 19.2 Å². The van der Waals surface area contributed by atoms with E-state index in [0.717, 1.165) is 53.4 Å². The zero-order valence-electron chi connectivity index (χ0n) is 24.7. The number of carbonyl (C=O) groups is 2. The minimum atomic E-state index is -4.03. The maximum Gasteiger partial charge on any atom is 0.312 e. The molecule has 3 aliphatic carbocycles. The number of hydrogen-bond donors (Lipinski definition) is 2. The van der Waals surface area contributed by atoms with Gasteiger partial charge in [0, 0.05) is 49.1 Å². The highest BCUT2D eigenvalue weighted by molar-refractivity contribution is 7.87. The van der Waals surface area contributed by atoms with Crippen LogP contribution < -0.4 is 4.72 Å². The number of carbonyl (C=O) groups excluding carboxylic acids is 1. The normalized spacial score (nSPS) is 29.5. The highest BCUT2D eigenvalue weighted by Crippen LogP contribution is 2.64. The van der Waals surface area contributed by atoms with Gasteiger partial charge in [-0.15, -0.1) is 0 Å². The summed E-state index contributed by atoms with van der Waals surface area (Å²) in [6, 6.07) is 5.38. The first-order valence-corrected chi connectivity index (χ1v) is 16.8. The van der Waals surface area contributed by atoms with Crippen molar-refractivity contribution in [3.8, 4) is 0 Å². The van der Waals surface area contributed by atoms with Gasteiger partial charge in [-0.2, -0.15) is 12.7 Å². The Hall–Kier alpha value is -2.99. The molecule has 7 rings (SSSR count). The zero-order valence-corrected chi connectivity index (χ0v) is 25.5. The van der Waals surface area contributed by atoms with Gasteiger partial charge in [-0.1, -0.05) is 31.4 Å². The van der Waals surface area contributed by atoms with Crippen LogP contribution in [0, 0.1) is 11.3 Å². The van der Waals surface area contributed by atoms with Crippen LogP contribution in [0.3, 0.4) is 0 Å². The van der Waals surface area contributed by atoms with Gasteiger partial charge >= 0.3 is 16.2 Å². The molecule has 1 aromatic heterocycles. The number of allylic oxidation sites excluding steroid dienone is 2. The third-order valence-corrected chi connectivity index (χ3v) is 11.9. The number of hydrogen-bond acceptors (Lipinski definition) is 6. The predicted octanol–water partition coefficient (Wildman–Crippen LogP) is 4.22. The van der Waals surface area contributed by atoms with Crippen LogP contribution in [-0.2, 0) is 31.0 Å². The highest BCUT2D eigenvalue weighted by atomic mass is 32.2. The summed E-state index contributed by atoms with van der Waals surface area (Å²) in [6.45, 7) is 3.26. The molecule has 3 fully saturated rings. The molecular formula is C32H39N3O7S. The SMILES string of the molecule is COC1(C)C=C2C(=CC1)c1c(C3CCCCC3)c3ccc(C(=O)NS(=O)(=O)N4CCOCC4)cc3n1C[C@]1(C(=O)O)CC21. The smallest absolute Gasteiger partial charge is 0.312 e. The Morgan fingerprint density at radius 3 is 2.58 bits per heavy atom. The summed E-state index contributed by atoms with van der Waals surface area (Å²) in [5, 5.41) is 11.6. The van der Waals surface area contributed by atoms with E-state index in [1.165, 1.54) is 16.3 Å². The number of ether oxygens (including phenoxy) is 2. The third kappa shape index (κ3) is 4.67. The second kappa shape index (κ2) is 10.3. The monoisotopic (exact) mass is 609 g/mol. The molecule has 2 saturated carbocycles. The molecule has 3 heterocycles. The molecule has 0 bridgehead atoms. The molecule has 43 heavy (non-hydrogen) atoms. The van der Waals surface area contributed by atoms with Crippen LogP contribution in [0.1, 0.15) is 79.4 Å². The van der Waals surface area contributed by atoms with E-state index in [-0.39, 0.29) is 37.8 Å². The van der Waals surface area contributed by atoms with Crippen molar-refractivity contribution in [2.45, 2.75) is 69.9 Å². The van der Waals surface area contributed by atoms with E-state index in [9.17, 15) is 23.1 Å². The molecule has 0 radical (unpaired) electrons. The molecule has 0 spiro atoms. The Labute approximate surface area is 251 Å². The van der Waals surface area contributed by atoms with E-state index >= 15 is 0 Å². The topological polar surface area (TPSA) is 127 Å². The molecule has 1 amide bonds. The van der Waals surface area contributed by atoms with Crippen LogP contribution in [0.4, 0.5) is 0 Å². The molecule has 5 aliphatic rings. The fourth-order valence-corrected chi connectivity index (χ4v) is 8.94. The van der Waals surface area contributed by atoms with E-state index in [2.05, 4.69) is 21.4 Å². The van der Waals surface area contributed by atoms with E-state index in [1.807, 2.05) is 13.0 Å². The summed E-state index contributed by atoms with van der Waals surface area (Å²) in [7, 11) is -2.34. The molecule has 230 valence electrons. The number of amides is 1. The van der Waals surface area contributed by atoms with E-state index < -0.39 is 33.1 Å². The molecule has 2 N–H and O–H groups in total. The number of carboxylic acid groups (broad SMARTS) is 1. The van der Waals surface area contributed by atoms with Crippen molar-refractivity contribution >= 4 is 38.6 Å². The van der Waals surface area contributed by atoms with Crippen molar-refractivity contribution in [1.82, 2.24) is 13.6 Å². The van der Waals surface area contributed by atoms with Crippen LogP contribution in [0.25, 0.3) is 16.5 Å². The average Bonchev–Trinajstić information content (AvgIpc) is 3.69. The number of benzene rings is 1. The fraction of sp³-hybridized carbons (Fsp3) is 0.562. The molecule has 2 aliphatic heterocycles. The van der Waals surface area contributed by atoms with Crippen molar-refractivity contribution in [1.29, 1.82) is 0 Å². The summed E-state index contributed by atoms with van der Waals surface area (Å²) >= 11 is 0. The lowest BCUT2D eigenvalue weighted by atomic mass is 9.78. The Kier molecular flexibility index (Phi) is 6.88. The number of aromatic nitrogens is 1. The standard InChI is InChI=1S/C32H39N3O7S/c1-31(41-2)11-10-22-24(17-31)25-18-32(25,30(37)38)19-35-26-16-21(29(36)33-43(39,40)34-12-14-42-15-13-34)8-9-23(26)27(28(22)35)20-6-4-3-5-7-20/h8-10,16-17,20,25H,3-7,11-15,18-19H2,1-2H3,(H,33,36)(H,37,38)/t25?,31?,32-/m1/s1. The molecule has 11 heteroatoms. The van der Waals surface area contributed by atoms with Gasteiger partial charge in [0.1, 0.15) is 0 Å². The van der Waals surface area contributed by atoms with E-state index in [0.29, 0.717) is 25.3 Å². The van der Waals surface area contributed by atoms with Gasteiger partial charge in [0.2, 0.25) is 0 Å². The maximum absolute atomic E-state index is 13.4. The lowest BCUT2D eigenvalue weighted by Crippen LogP contribution is -2.48. The summed E-state index contributed by atoms with van der Waals surface area (Å²) in [4.78, 5) is 26.3. The molecular weight excluding hydrogens is 570 g/mol. The van der Waals surface area contributed by atoms with Crippen molar-refractivity contribution in [3.05, 3.63) is 52.7 Å². The number of nitrogens with zero attached hydrogens (tertiary/aromatic N) is 2. The lowest BCUT2D eigenvalue weighted by molar-refractivity contribution is -0.144. The van der Waals surface area contributed by atoms with Crippen LogP contribution >= 0.6 is 0 Å². The number of carboxylic acids is 1. The van der Waals surface area contributed by atoms with Gasteiger partial charge in [0.15, 0.2) is 0 Å². The van der Waals surface area contributed by atoms with Crippen molar-refractivity contribution < 1.29 is 32.6 Å². The predicted molar refractivity (Wildman–Crippen MR) is 161 cm³/mol. The quantitative estimate of drug-likeness (QED) is 0.502. The Morgan fingerprint density at radius 1 is 1.14 bits per heavy atom. The fourth-order valence-electron chi connectivity index (χ4n) is 7.83. The molecule has 10 nitrogen and oxygen atoms in total. The van der Waals surface area contributed by atoms with Gasteiger partial charge in [0.05, 0.1) is 29.9 Å². The molecule has 1 aromatic carbocycles. The second-order valence-corrected chi connectivity index (χ2v) is 14.7. The van der Waals surface area contributed by atoms with Crippen molar-refractivity contribution in [2.24, 2.45) is 11.3 Å². The third-order valence-electron chi connectivity index (χ3n) is 10.4. The van der Waals surface area contributed by atoms with Crippen molar-refractivity contribution in [2.75, 3.05) is 33.4 Å². The van der Waals surface area contributed by atoms with Gasteiger partial charge in [0.25, 0.3) is 5.91 Å². The minimum Gasteiger partial charge on any atom is -0.481 e. The van der Waals surface area contributed by atoms with E-state index in [4.69, 9.17) is 9.47 Å². The van der Waals surface area contributed by atoms with Crippen LogP contribution in [0.15, 0.2) is 35.9 Å². The van der Waals surface area contributed by atoms with Crippen LogP contribution in [0.2, 0.25) is 0 Å². The highest BCUT2D eigenvalue weighted by Gasteiger charge is 2.64. The molecule has 3 atom stereocenters. The first kappa shape index (κ1) is 28.8. The molecule has 2 unspecified atom stereocenters. The second-order valence-electron chi connectivity index (χ2n) is 13.0. The van der Waals surface area contributed by atoms with Crippen LogP contribution in [-0.4, -0.2) is 73.3 Å². The molecule has 1 saturated heterocycles. The Bertz CT molecular complexity index is 1680. The summed E-state index contributed by atoms with van der Waals surface area (Å²) in [5.74, 6) is -1.32. The number of rotatable bonds is 6.